The van der Waals surface area contributed by atoms with Crippen molar-refractivity contribution in [2.45, 2.75) is 42.1 Å². The number of ether oxygens (including phenoxy) is 1. The van der Waals surface area contributed by atoms with Crippen LogP contribution in [0.5, 0.6) is 11.5 Å². The highest BCUT2D eigenvalue weighted by Gasteiger charge is 2.41. The zero-order valence-corrected chi connectivity index (χ0v) is 78.9. The van der Waals surface area contributed by atoms with Crippen LogP contribution < -0.4 is 34.7 Å². The highest BCUT2D eigenvalue weighted by Crippen LogP contribution is 2.58. The van der Waals surface area contributed by atoms with Gasteiger partial charge in [0.1, 0.15) is 33.4 Å². The molecule has 0 saturated heterocycles. The van der Waals surface area contributed by atoms with Gasteiger partial charge in [0, 0.05) is 94.5 Å². The van der Waals surface area contributed by atoms with Crippen LogP contribution >= 0.6 is 11.8 Å². The molecule has 0 aliphatic carbocycles. The van der Waals surface area contributed by atoms with Crippen LogP contribution in [0, 0.1) is 0 Å². The molecule has 0 saturated carbocycles. The van der Waals surface area contributed by atoms with Crippen molar-refractivity contribution >= 4 is 185 Å². The first-order valence-electron chi connectivity index (χ1n) is 47.2. The lowest BCUT2D eigenvalue weighted by Crippen LogP contribution is -2.58. The van der Waals surface area contributed by atoms with E-state index in [0.29, 0.717) is 0 Å². The Morgan fingerprint density at radius 1 is 0.221 bits per heavy atom. The number of hydrogen-bond acceptors (Lipinski definition) is 14. The van der Waals surface area contributed by atoms with E-state index in [1.165, 1.54) is 126 Å². The Morgan fingerprint density at radius 2 is 0.479 bits per heavy atom. The van der Waals surface area contributed by atoms with Crippen molar-refractivity contribution in [2.75, 3.05) is 19.6 Å². The van der Waals surface area contributed by atoms with Gasteiger partial charge >= 0.3 is 0 Å². The van der Waals surface area contributed by atoms with Crippen molar-refractivity contribution in [2.24, 2.45) is 0 Å². The fourth-order valence-corrected chi connectivity index (χ4v) is 25.2. The van der Waals surface area contributed by atoms with Crippen molar-refractivity contribution in [1.29, 1.82) is 0 Å². The number of nitrogens with zero attached hydrogens (tertiary/aromatic N) is 12. The highest BCUT2D eigenvalue weighted by atomic mass is 32.2. The zero-order valence-electron chi connectivity index (χ0n) is 77.1. The van der Waals surface area contributed by atoms with E-state index in [-0.39, 0.29) is 5.41 Å². The lowest BCUT2D eigenvalue weighted by Gasteiger charge is -2.42. The maximum Gasteiger partial charge on any atom is 0.151 e. The van der Waals surface area contributed by atoms with Gasteiger partial charge < -0.3 is 24.3 Å². The first-order chi connectivity index (χ1) is 69.0. The predicted molar refractivity (Wildman–Crippen MR) is 582 cm³/mol. The topological polar surface area (TPSA) is 125 Å². The molecule has 0 spiro atoms. The number of fused-ring (bicyclic) bond motifs is 20. The minimum Gasteiger partial charge on any atom is -0.453 e. The lowest BCUT2D eigenvalue weighted by atomic mass is 9.73. The van der Waals surface area contributed by atoms with Crippen LogP contribution in [0.1, 0.15) is 25.0 Å². The molecule has 0 amide bonds. The van der Waals surface area contributed by atoms with Crippen LogP contribution in [0.4, 0.5) is 68.2 Å². The van der Waals surface area contributed by atoms with E-state index in [1.807, 2.05) is 79.0 Å². The lowest BCUT2D eigenvalue weighted by molar-refractivity contribution is 0.477. The summed E-state index contributed by atoms with van der Waals surface area (Å²) in [5.41, 5.74) is 29.6. The van der Waals surface area contributed by atoms with Gasteiger partial charge in [0.05, 0.1) is 78.9 Å². The summed E-state index contributed by atoms with van der Waals surface area (Å²) in [7, 11) is -1.85. The Bertz CT molecular complexity index is 8310. The monoisotopic (exact) mass is 1830 g/mol. The van der Waals surface area contributed by atoms with Gasteiger partial charge in [-0.1, -0.05) is 330 Å². The third kappa shape index (κ3) is 14.6. The second-order valence-corrected chi connectivity index (χ2v) is 42.1. The quantitative estimate of drug-likeness (QED) is 0.106. The predicted octanol–water partition coefficient (Wildman–Crippen LogP) is 32.0. The van der Waals surface area contributed by atoms with Gasteiger partial charge in [-0.2, -0.15) is 0 Å². The summed E-state index contributed by atoms with van der Waals surface area (Å²) in [6, 6.07) is 147. The number of benzene rings is 20. The van der Waals surface area contributed by atoms with Crippen molar-refractivity contribution in [3.63, 3.8) is 0 Å². The molecule has 4 aliphatic heterocycles. The van der Waals surface area contributed by atoms with Crippen LogP contribution in [-0.4, -0.2) is 47.9 Å². The summed E-state index contributed by atoms with van der Waals surface area (Å²) in [5, 5.41) is 16.4. The van der Waals surface area contributed by atoms with Gasteiger partial charge in [-0.3, -0.25) is 0 Å². The normalized spacial score (nSPS) is 13.2. The van der Waals surface area contributed by atoms with Crippen LogP contribution in [-0.2, 0) is 5.41 Å². The Hall–Kier alpha value is -17.6. The fourth-order valence-electron chi connectivity index (χ4n) is 21.2. The first-order valence-corrected chi connectivity index (χ1v) is 51.0. The van der Waals surface area contributed by atoms with E-state index in [0.717, 1.165) is 116 Å². The average Bonchev–Trinajstić information content (AvgIpc) is 0.721. The number of para-hydroxylation sites is 10. The summed E-state index contributed by atoms with van der Waals surface area (Å²) in [5.74, 6) is 1.66. The second-order valence-electron chi connectivity index (χ2n) is 36.6. The zero-order chi connectivity index (χ0) is 93.5. The molecule has 0 N–H and O–H groups in total. The SMILES string of the molecule is CC1(C)c2ccccc2N(c2cc3ncncc3c3cc(-c4ccccc4)ccc23)c2ccccc21.C[Si]1(C)c2ccccc2N(c2cc3ncncc3c3cc(-c4ccccc4)ccc23)c2ccccc21.c1ccc(-c2ccc3c(N4c5ccccc5Oc5ccccc54)cc4ncncc4c3c2)cc1.c1ccc(-c2ccc3c(N4c5ccccc5Sc5ccccc54)cc4ncncc4c3c2)cc1. The van der Waals surface area contributed by atoms with Gasteiger partial charge in [0.25, 0.3) is 0 Å². The number of rotatable bonds is 8. The van der Waals surface area contributed by atoms with E-state index in [9.17, 15) is 0 Å². The molecule has 664 valence electrons. The minimum absolute atomic E-state index is 0.0982. The maximum absolute atomic E-state index is 6.24. The number of hydrogen-bond donors (Lipinski definition) is 0. The molecule has 0 fully saturated rings. The molecule has 4 aliphatic rings. The Morgan fingerprint density at radius 3 is 0.814 bits per heavy atom. The van der Waals surface area contributed by atoms with E-state index in [2.05, 4.69) is 446 Å². The van der Waals surface area contributed by atoms with Crippen molar-refractivity contribution < 1.29 is 4.74 Å². The molecule has 20 aromatic carbocycles. The summed E-state index contributed by atoms with van der Waals surface area (Å²) >= 11 is 1.82. The molecule has 0 bridgehead atoms. The van der Waals surface area contributed by atoms with Gasteiger partial charge in [0.15, 0.2) is 11.5 Å². The Balaban J connectivity index is 0.0000000986. The smallest absolute Gasteiger partial charge is 0.151 e. The summed E-state index contributed by atoms with van der Waals surface area (Å²) < 4.78 is 6.24. The van der Waals surface area contributed by atoms with E-state index >= 15 is 0 Å². The molecule has 4 aromatic heterocycles. The number of aromatic nitrogens is 8. The summed E-state index contributed by atoms with van der Waals surface area (Å²) in [6.45, 7) is 9.56. The Labute approximate surface area is 815 Å². The van der Waals surface area contributed by atoms with Gasteiger partial charge in [-0.05, 0) is 209 Å². The highest BCUT2D eigenvalue weighted by molar-refractivity contribution is 7.99. The fraction of sp³-hybridized carbons (Fsp3) is 0.0400. The van der Waals surface area contributed by atoms with Gasteiger partial charge in [-0.25, -0.2) is 39.9 Å². The van der Waals surface area contributed by atoms with Crippen molar-refractivity contribution in [1.82, 2.24) is 39.9 Å². The molecule has 0 unspecified atom stereocenters. The van der Waals surface area contributed by atoms with E-state index < -0.39 is 8.07 Å². The van der Waals surface area contributed by atoms with Gasteiger partial charge in [0.2, 0.25) is 0 Å². The summed E-state index contributed by atoms with van der Waals surface area (Å²) in [6.07, 6.45) is 14.2. The van der Waals surface area contributed by atoms with Crippen LogP contribution in [0.25, 0.3) is 131 Å². The van der Waals surface area contributed by atoms with Crippen LogP contribution in [0.15, 0.2) is 472 Å². The molecule has 28 rings (SSSR count). The molecule has 15 heteroatoms. The molecular formula is C125H88N12OSSi. The van der Waals surface area contributed by atoms with E-state index in [4.69, 9.17) is 14.7 Å². The third-order valence-electron chi connectivity index (χ3n) is 27.9. The minimum atomic E-state index is -1.85. The Kier molecular flexibility index (Phi) is 21.0. The standard InChI is InChI=1S/C33H25N3.C32H25N3Si.C30H19N3O.C30H19N3S/c1-33(2)27-12-6-8-14-30(27)36(31-15-9-7-13-28(31)33)32-19-29-26(20-34-21-35-29)25-18-23(16-17-24(25)32)22-10-4-3-5-11-22;1-36(2)31-14-8-6-12-28(31)35(29-13-7-9-15-32(29)36)30-19-27-26(20-33-21-34-27)25-18-23(16-17-24(25)30)22-10-4-3-5-11-22;2*1-2-8-20(9-3-1)21-14-15-22-23(16-21)24-18-31-19-32-25(24)17-28(22)33-26-10-4-6-12-29(26)34-30-13-7-5-11-27(30)33/h2*3-21H,1-2H3;2*1-19H. The summed E-state index contributed by atoms with van der Waals surface area (Å²) in [4.78, 5) is 48.2. The third-order valence-corrected chi connectivity index (χ3v) is 32.6. The average molecular weight is 1830 g/mol. The first kappa shape index (κ1) is 84.1. The molecule has 140 heavy (non-hydrogen) atoms. The molecule has 0 atom stereocenters. The molecule has 13 nitrogen and oxygen atoms in total. The molecule has 0 radical (unpaired) electrons. The molecular weight excluding hydrogens is 1750 g/mol. The van der Waals surface area contributed by atoms with Crippen LogP contribution in [0.3, 0.4) is 0 Å². The molecule has 8 heterocycles. The van der Waals surface area contributed by atoms with Crippen molar-refractivity contribution in [3.8, 4) is 56.0 Å². The largest absolute Gasteiger partial charge is 0.453 e. The van der Waals surface area contributed by atoms with E-state index in [1.54, 1.807) is 25.3 Å². The maximum atomic E-state index is 6.24. The van der Waals surface area contributed by atoms with Crippen molar-refractivity contribution in [3.05, 3.63) is 474 Å². The molecule has 24 aromatic rings. The van der Waals surface area contributed by atoms with Gasteiger partial charge in [-0.15, -0.1) is 0 Å². The number of anilines is 12. The second kappa shape index (κ2) is 34.9. The van der Waals surface area contributed by atoms with Crippen LogP contribution in [0.2, 0.25) is 13.1 Å².